The number of ether oxygens (including phenoxy) is 2. The fourth-order valence-electron chi connectivity index (χ4n) is 1.94. The Kier molecular flexibility index (Phi) is 4.47. The van der Waals surface area contributed by atoms with Crippen LogP contribution in [0.4, 0.5) is 0 Å². The summed E-state index contributed by atoms with van der Waals surface area (Å²) >= 11 is 3.42. The molecular formula is C14H18BrNO3. The summed E-state index contributed by atoms with van der Waals surface area (Å²) in [6, 6.07) is 5.49. The molecular weight excluding hydrogens is 310 g/mol. The molecule has 0 radical (unpaired) electrons. The van der Waals surface area contributed by atoms with Crippen LogP contribution < -0.4 is 4.74 Å². The second kappa shape index (κ2) is 5.92. The first-order valence-corrected chi connectivity index (χ1v) is 7.09. The predicted octanol–water partition coefficient (Wildman–Crippen LogP) is 2.71. The number of methoxy groups -OCH3 is 1. The second-order valence-electron chi connectivity index (χ2n) is 4.88. The number of benzene rings is 1. The molecule has 0 N–H and O–H groups in total. The SMILES string of the molecule is COC1CN(C(=O)c2cc(OC(C)C)ccc2Br)C1. The number of carbonyl (C=O) groups excluding carboxylic acids is 1. The third-order valence-corrected chi connectivity index (χ3v) is 3.70. The molecule has 2 rings (SSSR count). The van der Waals surface area contributed by atoms with Crippen molar-refractivity contribution in [3.63, 3.8) is 0 Å². The Balaban J connectivity index is 2.12. The largest absolute Gasteiger partial charge is 0.491 e. The smallest absolute Gasteiger partial charge is 0.255 e. The van der Waals surface area contributed by atoms with Gasteiger partial charge in [0.25, 0.3) is 5.91 Å². The zero-order valence-electron chi connectivity index (χ0n) is 11.4. The summed E-state index contributed by atoms with van der Waals surface area (Å²) in [6.45, 7) is 5.22. The predicted molar refractivity (Wildman–Crippen MR) is 76.6 cm³/mol. The highest BCUT2D eigenvalue weighted by Gasteiger charge is 2.32. The van der Waals surface area contributed by atoms with E-state index in [2.05, 4.69) is 15.9 Å². The van der Waals surface area contributed by atoms with Crippen LogP contribution in [-0.4, -0.2) is 43.2 Å². The van der Waals surface area contributed by atoms with Crippen LogP contribution in [0.15, 0.2) is 22.7 Å². The van der Waals surface area contributed by atoms with Crippen molar-refractivity contribution in [3.8, 4) is 5.75 Å². The first kappa shape index (κ1) is 14.3. The van der Waals surface area contributed by atoms with E-state index < -0.39 is 0 Å². The minimum absolute atomic E-state index is 0.00869. The summed E-state index contributed by atoms with van der Waals surface area (Å²) < 4.78 is 11.6. The number of rotatable bonds is 4. The molecule has 0 spiro atoms. The Morgan fingerprint density at radius 3 is 2.68 bits per heavy atom. The van der Waals surface area contributed by atoms with Gasteiger partial charge in [0.05, 0.1) is 17.8 Å². The summed E-state index contributed by atoms with van der Waals surface area (Å²) in [7, 11) is 1.67. The van der Waals surface area contributed by atoms with Crippen LogP contribution in [-0.2, 0) is 4.74 Å². The molecule has 0 aliphatic carbocycles. The van der Waals surface area contributed by atoms with Gasteiger partial charge in [-0.1, -0.05) is 0 Å². The molecule has 0 unspecified atom stereocenters. The molecule has 0 aromatic heterocycles. The lowest BCUT2D eigenvalue weighted by Gasteiger charge is -2.38. The van der Waals surface area contributed by atoms with Crippen molar-refractivity contribution in [2.75, 3.05) is 20.2 Å². The van der Waals surface area contributed by atoms with Gasteiger partial charge in [-0.05, 0) is 48.0 Å². The van der Waals surface area contributed by atoms with Gasteiger partial charge in [0, 0.05) is 24.7 Å². The average Bonchev–Trinajstić information content (AvgIpc) is 2.29. The zero-order valence-corrected chi connectivity index (χ0v) is 12.9. The van der Waals surface area contributed by atoms with Crippen LogP contribution in [0.25, 0.3) is 0 Å². The number of hydrogen-bond acceptors (Lipinski definition) is 3. The van der Waals surface area contributed by atoms with Crippen molar-refractivity contribution in [1.82, 2.24) is 4.90 Å². The number of likely N-dealkylation sites (tertiary alicyclic amines) is 1. The molecule has 1 aromatic carbocycles. The summed E-state index contributed by atoms with van der Waals surface area (Å²) in [5.74, 6) is 0.722. The van der Waals surface area contributed by atoms with Gasteiger partial charge in [0.15, 0.2) is 0 Å². The van der Waals surface area contributed by atoms with E-state index in [0.717, 1.165) is 4.47 Å². The van der Waals surface area contributed by atoms with Crippen molar-refractivity contribution in [3.05, 3.63) is 28.2 Å². The van der Waals surface area contributed by atoms with E-state index in [0.29, 0.717) is 24.4 Å². The molecule has 1 saturated heterocycles. The minimum atomic E-state index is 0.00869. The lowest BCUT2D eigenvalue weighted by molar-refractivity contribution is -0.0192. The summed E-state index contributed by atoms with van der Waals surface area (Å²) in [4.78, 5) is 14.1. The van der Waals surface area contributed by atoms with Gasteiger partial charge in [-0.25, -0.2) is 0 Å². The lowest BCUT2D eigenvalue weighted by atomic mass is 10.1. The Bertz CT molecular complexity index is 470. The van der Waals surface area contributed by atoms with E-state index in [4.69, 9.17) is 9.47 Å². The van der Waals surface area contributed by atoms with Crippen LogP contribution in [0, 0.1) is 0 Å². The van der Waals surface area contributed by atoms with Gasteiger partial charge in [0.2, 0.25) is 0 Å². The number of nitrogens with zero attached hydrogens (tertiary/aromatic N) is 1. The maximum absolute atomic E-state index is 12.3. The Morgan fingerprint density at radius 2 is 2.11 bits per heavy atom. The van der Waals surface area contributed by atoms with Gasteiger partial charge < -0.3 is 14.4 Å². The van der Waals surface area contributed by atoms with Crippen LogP contribution in [0.2, 0.25) is 0 Å². The molecule has 0 bridgehead atoms. The normalized spacial score (nSPS) is 15.5. The number of halogens is 1. The fraction of sp³-hybridized carbons (Fsp3) is 0.500. The second-order valence-corrected chi connectivity index (χ2v) is 5.73. The van der Waals surface area contributed by atoms with Crippen LogP contribution >= 0.6 is 15.9 Å². The topological polar surface area (TPSA) is 38.8 Å². The van der Waals surface area contributed by atoms with Crippen molar-refractivity contribution in [2.24, 2.45) is 0 Å². The zero-order chi connectivity index (χ0) is 14.0. The quantitative estimate of drug-likeness (QED) is 0.853. The van der Waals surface area contributed by atoms with Crippen molar-refractivity contribution < 1.29 is 14.3 Å². The lowest BCUT2D eigenvalue weighted by Crippen LogP contribution is -2.54. The highest BCUT2D eigenvalue weighted by atomic mass is 79.9. The van der Waals surface area contributed by atoms with Crippen molar-refractivity contribution >= 4 is 21.8 Å². The standard InChI is InChI=1S/C14H18BrNO3/c1-9(2)19-10-4-5-13(15)12(6-10)14(17)16-7-11(8-16)18-3/h4-6,9,11H,7-8H2,1-3H3. The number of hydrogen-bond donors (Lipinski definition) is 0. The highest BCUT2D eigenvalue weighted by Crippen LogP contribution is 2.26. The van der Waals surface area contributed by atoms with Gasteiger partial charge in [0.1, 0.15) is 5.75 Å². The molecule has 1 heterocycles. The van der Waals surface area contributed by atoms with Crippen molar-refractivity contribution in [2.45, 2.75) is 26.1 Å². The first-order chi connectivity index (χ1) is 9.01. The molecule has 0 atom stereocenters. The van der Waals surface area contributed by atoms with Gasteiger partial charge in [-0.2, -0.15) is 0 Å². The summed E-state index contributed by atoms with van der Waals surface area (Å²) in [5.41, 5.74) is 0.632. The van der Waals surface area contributed by atoms with Gasteiger partial charge in [-0.3, -0.25) is 4.79 Å². The van der Waals surface area contributed by atoms with E-state index in [1.54, 1.807) is 18.1 Å². The monoisotopic (exact) mass is 327 g/mol. The van der Waals surface area contributed by atoms with Crippen LogP contribution in [0.1, 0.15) is 24.2 Å². The maximum atomic E-state index is 12.3. The highest BCUT2D eigenvalue weighted by molar-refractivity contribution is 9.10. The molecule has 1 amide bonds. The third-order valence-electron chi connectivity index (χ3n) is 3.01. The average molecular weight is 328 g/mol. The molecule has 5 heteroatoms. The molecule has 1 aromatic rings. The Labute approximate surface area is 121 Å². The number of amides is 1. The van der Waals surface area contributed by atoms with E-state index >= 15 is 0 Å². The van der Waals surface area contributed by atoms with E-state index in [1.165, 1.54) is 0 Å². The van der Waals surface area contributed by atoms with Gasteiger partial charge >= 0.3 is 0 Å². The maximum Gasteiger partial charge on any atom is 0.255 e. The van der Waals surface area contributed by atoms with Crippen molar-refractivity contribution in [1.29, 1.82) is 0 Å². The number of carbonyl (C=O) groups is 1. The van der Waals surface area contributed by atoms with Gasteiger partial charge in [-0.15, -0.1) is 0 Å². The molecule has 104 valence electrons. The molecule has 4 nitrogen and oxygen atoms in total. The van der Waals surface area contributed by atoms with Crippen LogP contribution in [0.5, 0.6) is 5.75 Å². The van der Waals surface area contributed by atoms with E-state index in [1.807, 2.05) is 26.0 Å². The summed E-state index contributed by atoms with van der Waals surface area (Å²) in [5, 5.41) is 0. The summed E-state index contributed by atoms with van der Waals surface area (Å²) in [6.07, 6.45) is 0.254. The van der Waals surface area contributed by atoms with Crippen LogP contribution in [0.3, 0.4) is 0 Å². The molecule has 0 saturated carbocycles. The Hall–Kier alpha value is -1.07. The molecule has 1 aliphatic heterocycles. The third kappa shape index (κ3) is 3.28. The first-order valence-electron chi connectivity index (χ1n) is 6.29. The molecule has 1 aliphatic rings. The molecule has 1 fully saturated rings. The molecule has 19 heavy (non-hydrogen) atoms. The fourth-order valence-corrected chi connectivity index (χ4v) is 2.35. The van der Waals surface area contributed by atoms with E-state index in [-0.39, 0.29) is 18.1 Å². The van der Waals surface area contributed by atoms with E-state index in [9.17, 15) is 4.79 Å². The minimum Gasteiger partial charge on any atom is -0.491 e. The Morgan fingerprint density at radius 1 is 1.42 bits per heavy atom.